The van der Waals surface area contributed by atoms with E-state index in [0.29, 0.717) is 45.5 Å². The molecule has 13 heteroatoms. The summed E-state index contributed by atoms with van der Waals surface area (Å²) in [5.74, 6) is -2.66. The van der Waals surface area contributed by atoms with E-state index in [1.165, 1.54) is 12.1 Å². The summed E-state index contributed by atoms with van der Waals surface area (Å²) in [6, 6.07) is 3.43. The maximum absolute atomic E-state index is 13.2. The highest BCUT2D eigenvalue weighted by Gasteiger charge is 2.46. The molecule has 3 aliphatic heterocycles. The first-order chi connectivity index (χ1) is 19.4. The molecular weight excluding hydrogens is 536 g/mol. The normalized spacial score (nSPS) is 19.6. The van der Waals surface area contributed by atoms with E-state index < -0.39 is 41.4 Å². The lowest BCUT2D eigenvalue weighted by molar-refractivity contribution is -0.137. The van der Waals surface area contributed by atoms with E-state index in [-0.39, 0.29) is 48.3 Å². The van der Waals surface area contributed by atoms with Crippen molar-refractivity contribution in [1.29, 1.82) is 0 Å². The Hall–Kier alpha value is -4.00. The second-order valence-corrected chi connectivity index (χ2v) is 11.1. The largest absolute Gasteiger partial charge is 0.483 e. The smallest absolute Gasteiger partial charge is 0.407 e. The maximum atomic E-state index is 13.2. The highest BCUT2D eigenvalue weighted by atomic mass is 16.6. The number of carbonyl (C=O) groups is 6. The van der Waals surface area contributed by atoms with Crippen LogP contribution in [0.5, 0.6) is 5.75 Å². The zero-order valence-corrected chi connectivity index (χ0v) is 23.5. The molecular formula is C28H36N4O9. The number of rotatable bonds is 9. The van der Waals surface area contributed by atoms with E-state index >= 15 is 0 Å². The van der Waals surface area contributed by atoms with Gasteiger partial charge in [0, 0.05) is 32.7 Å². The van der Waals surface area contributed by atoms with Crippen molar-refractivity contribution in [2.45, 2.75) is 70.6 Å². The van der Waals surface area contributed by atoms with Gasteiger partial charge in [0.1, 0.15) is 17.4 Å². The van der Waals surface area contributed by atoms with Crippen LogP contribution in [0.4, 0.5) is 4.79 Å². The van der Waals surface area contributed by atoms with Gasteiger partial charge in [0.25, 0.3) is 17.7 Å². The Balaban J connectivity index is 1.21. The monoisotopic (exact) mass is 572 g/mol. The number of likely N-dealkylation sites (tertiary alicyclic amines) is 1. The number of hydrogen-bond donors (Lipinski definition) is 2. The van der Waals surface area contributed by atoms with Crippen molar-refractivity contribution >= 4 is 35.6 Å². The second-order valence-electron chi connectivity index (χ2n) is 11.1. The van der Waals surface area contributed by atoms with Gasteiger partial charge in [-0.05, 0) is 58.6 Å². The molecule has 2 N–H and O–H groups in total. The minimum absolute atomic E-state index is 0.000728. The molecule has 0 spiro atoms. The standard InChI is InChI=1S/C28H36N4O9/c1-28(2,3)41-27(38)29-12-5-15-39-17-10-13-31(14-11-17)22(34)16-40-20-7-4-6-18-23(20)26(37)32(25(18)36)19-8-9-21(33)30-24(19)35/h4,6-7,17,19H,5,8-16H2,1-3H3,(H,29,38)(H,30,33,35). The third kappa shape index (κ3) is 7.40. The molecule has 0 bridgehead atoms. The Morgan fingerprint density at radius 3 is 2.46 bits per heavy atom. The molecule has 1 unspecified atom stereocenters. The van der Waals surface area contributed by atoms with Gasteiger partial charge in [-0.2, -0.15) is 0 Å². The minimum Gasteiger partial charge on any atom is -0.483 e. The van der Waals surface area contributed by atoms with Crippen LogP contribution < -0.4 is 15.4 Å². The lowest BCUT2D eigenvalue weighted by Crippen LogP contribution is -2.54. The van der Waals surface area contributed by atoms with Crippen molar-refractivity contribution in [2.24, 2.45) is 0 Å². The molecule has 41 heavy (non-hydrogen) atoms. The van der Waals surface area contributed by atoms with E-state index in [4.69, 9.17) is 14.2 Å². The number of imide groups is 2. The molecule has 0 saturated carbocycles. The van der Waals surface area contributed by atoms with Crippen LogP contribution in [-0.2, 0) is 23.9 Å². The van der Waals surface area contributed by atoms with Crippen molar-refractivity contribution in [3.05, 3.63) is 29.3 Å². The van der Waals surface area contributed by atoms with Crippen LogP contribution >= 0.6 is 0 Å². The van der Waals surface area contributed by atoms with Crippen LogP contribution in [0.2, 0.25) is 0 Å². The fraction of sp³-hybridized carbons (Fsp3) is 0.571. The zero-order chi connectivity index (χ0) is 29.7. The van der Waals surface area contributed by atoms with Crippen molar-refractivity contribution < 1.29 is 43.0 Å². The third-order valence-electron chi connectivity index (χ3n) is 6.92. The Kier molecular flexibility index (Phi) is 9.26. The molecule has 0 aliphatic carbocycles. The third-order valence-corrected chi connectivity index (χ3v) is 6.92. The van der Waals surface area contributed by atoms with Gasteiger partial charge in [-0.15, -0.1) is 0 Å². The van der Waals surface area contributed by atoms with E-state index in [1.54, 1.807) is 31.7 Å². The van der Waals surface area contributed by atoms with Crippen LogP contribution in [0.1, 0.15) is 73.6 Å². The molecule has 1 aromatic rings. The minimum atomic E-state index is -1.08. The highest BCUT2D eigenvalue weighted by Crippen LogP contribution is 2.33. The Labute approximate surface area is 237 Å². The molecule has 13 nitrogen and oxygen atoms in total. The number of ether oxygens (including phenoxy) is 3. The van der Waals surface area contributed by atoms with Gasteiger partial charge in [-0.3, -0.25) is 34.2 Å². The Morgan fingerprint density at radius 2 is 1.78 bits per heavy atom. The summed E-state index contributed by atoms with van der Waals surface area (Å²) in [7, 11) is 0. The van der Waals surface area contributed by atoms with E-state index in [1.807, 2.05) is 0 Å². The lowest BCUT2D eigenvalue weighted by Gasteiger charge is -2.32. The Morgan fingerprint density at radius 1 is 1.05 bits per heavy atom. The summed E-state index contributed by atoms with van der Waals surface area (Å²) >= 11 is 0. The van der Waals surface area contributed by atoms with Crippen LogP contribution in [0.25, 0.3) is 0 Å². The molecule has 6 amide bonds. The summed E-state index contributed by atoms with van der Waals surface area (Å²) in [5, 5.41) is 4.85. The number of nitrogens with zero attached hydrogens (tertiary/aromatic N) is 2. The molecule has 0 aromatic heterocycles. The van der Waals surface area contributed by atoms with Crippen molar-refractivity contribution in [3.8, 4) is 5.75 Å². The Bertz CT molecular complexity index is 1220. The van der Waals surface area contributed by atoms with E-state index in [0.717, 1.165) is 4.90 Å². The molecule has 3 heterocycles. The highest BCUT2D eigenvalue weighted by molar-refractivity contribution is 6.24. The molecule has 1 atom stereocenters. The molecule has 2 fully saturated rings. The first kappa shape index (κ1) is 30.0. The fourth-order valence-electron chi connectivity index (χ4n) is 4.93. The zero-order valence-electron chi connectivity index (χ0n) is 23.5. The van der Waals surface area contributed by atoms with Crippen LogP contribution in [0, 0.1) is 0 Å². The molecule has 0 radical (unpaired) electrons. The van der Waals surface area contributed by atoms with E-state index in [2.05, 4.69) is 10.6 Å². The molecule has 4 rings (SSSR count). The number of piperidine rings is 2. The number of carbonyl (C=O) groups excluding carboxylic acids is 6. The topological polar surface area (TPSA) is 161 Å². The second kappa shape index (κ2) is 12.7. The van der Waals surface area contributed by atoms with E-state index in [9.17, 15) is 28.8 Å². The quantitative estimate of drug-likeness (QED) is 0.329. The van der Waals surface area contributed by atoms with Gasteiger partial charge in [-0.25, -0.2) is 4.79 Å². The molecule has 222 valence electrons. The predicted molar refractivity (Wildman–Crippen MR) is 143 cm³/mol. The van der Waals surface area contributed by atoms with Crippen molar-refractivity contribution in [3.63, 3.8) is 0 Å². The van der Waals surface area contributed by atoms with Crippen LogP contribution in [0.15, 0.2) is 18.2 Å². The molecule has 2 saturated heterocycles. The van der Waals surface area contributed by atoms with Crippen molar-refractivity contribution in [2.75, 3.05) is 32.8 Å². The summed E-state index contributed by atoms with van der Waals surface area (Å²) in [5.41, 5.74) is -0.458. The van der Waals surface area contributed by atoms with Crippen molar-refractivity contribution in [1.82, 2.24) is 20.4 Å². The molecule has 3 aliphatic rings. The van der Waals surface area contributed by atoms with Gasteiger partial charge in [0.05, 0.1) is 17.2 Å². The average molecular weight is 573 g/mol. The number of nitrogens with one attached hydrogen (secondary N) is 2. The number of benzene rings is 1. The predicted octanol–water partition coefficient (Wildman–Crippen LogP) is 1.39. The van der Waals surface area contributed by atoms with Crippen LogP contribution in [-0.4, -0.2) is 96.0 Å². The average Bonchev–Trinajstić information content (AvgIpc) is 3.16. The number of hydrogen-bond acceptors (Lipinski definition) is 9. The summed E-state index contributed by atoms with van der Waals surface area (Å²) in [6.07, 6.45) is 1.55. The summed E-state index contributed by atoms with van der Waals surface area (Å²) < 4.78 is 16.8. The van der Waals surface area contributed by atoms with Crippen LogP contribution in [0.3, 0.4) is 0 Å². The van der Waals surface area contributed by atoms with Gasteiger partial charge in [-0.1, -0.05) is 6.07 Å². The summed E-state index contributed by atoms with van der Waals surface area (Å²) in [4.78, 5) is 77.0. The lowest BCUT2D eigenvalue weighted by atomic mass is 10.0. The number of amides is 6. The van der Waals surface area contributed by atoms with Gasteiger partial charge in [0.2, 0.25) is 11.8 Å². The maximum Gasteiger partial charge on any atom is 0.407 e. The van der Waals surface area contributed by atoms with Gasteiger partial charge in [0.15, 0.2) is 6.61 Å². The number of alkyl carbamates (subject to hydrolysis) is 1. The van der Waals surface area contributed by atoms with Gasteiger partial charge < -0.3 is 24.4 Å². The SMILES string of the molecule is CC(C)(C)OC(=O)NCCCOC1CCN(C(=O)COc2cccc3c2C(=O)N(C2CCC(=O)NC2=O)C3=O)CC1. The fourth-order valence-corrected chi connectivity index (χ4v) is 4.93. The first-order valence-corrected chi connectivity index (χ1v) is 13.8. The molecule has 1 aromatic carbocycles. The first-order valence-electron chi connectivity index (χ1n) is 13.8. The van der Waals surface area contributed by atoms with Gasteiger partial charge >= 0.3 is 6.09 Å². The number of fused-ring (bicyclic) bond motifs is 1. The summed E-state index contributed by atoms with van der Waals surface area (Å²) in [6.45, 7) is 6.95.